The zero-order valence-corrected chi connectivity index (χ0v) is 13.3. The Labute approximate surface area is 125 Å². The van der Waals surface area contributed by atoms with Gasteiger partial charge in [0, 0.05) is 17.5 Å². The number of aryl methyl sites for hydroxylation is 1. The van der Waals surface area contributed by atoms with E-state index in [2.05, 4.69) is 12.2 Å². The third kappa shape index (κ3) is 3.83. The highest BCUT2D eigenvalue weighted by atomic mass is 32.1. The molecule has 1 saturated carbocycles. The van der Waals surface area contributed by atoms with Gasteiger partial charge in [-0.05, 0) is 43.7 Å². The topological polar surface area (TPSA) is 49.3 Å². The van der Waals surface area contributed by atoms with Crippen LogP contribution < -0.4 is 5.32 Å². The van der Waals surface area contributed by atoms with Crippen LogP contribution >= 0.6 is 11.3 Å². The molecule has 2 rings (SSSR count). The lowest BCUT2D eigenvalue weighted by molar-refractivity contribution is 0.0702. The summed E-state index contributed by atoms with van der Waals surface area (Å²) in [5.41, 5.74) is 1.14. The molecule has 1 heterocycles. The Bertz CT molecular complexity index is 449. The van der Waals surface area contributed by atoms with Crippen LogP contribution in [0.1, 0.15) is 65.6 Å². The summed E-state index contributed by atoms with van der Waals surface area (Å²) in [6.45, 7) is 5.05. The van der Waals surface area contributed by atoms with Crippen LogP contribution in [-0.4, -0.2) is 17.1 Å². The van der Waals surface area contributed by atoms with E-state index in [1.807, 2.05) is 13.0 Å². The van der Waals surface area contributed by atoms with E-state index in [1.165, 1.54) is 43.4 Å². The number of carboxylic acid groups (broad SMARTS) is 1. The second-order valence-corrected chi connectivity index (χ2v) is 7.05. The van der Waals surface area contributed by atoms with Crippen molar-refractivity contribution < 1.29 is 9.90 Å². The molecule has 1 unspecified atom stereocenters. The quantitative estimate of drug-likeness (QED) is 0.826. The van der Waals surface area contributed by atoms with Gasteiger partial charge in [-0.3, -0.25) is 0 Å². The lowest BCUT2D eigenvalue weighted by Gasteiger charge is -2.30. The summed E-state index contributed by atoms with van der Waals surface area (Å²) >= 11 is 1.38. The molecule has 0 amide bonds. The number of carbonyl (C=O) groups is 1. The Balaban J connectivity index is 1.93. The molecule has 0 saturated heterocycles. The molecule has 1 fully saturated rings. The van der Waals surface area contributed by atoms with E-state index in [9.17, 15) is 4.79 Å². The minimum Gasteiger partial charge on any atom is -0.477 e. The van der Waals surface area contributed by atoms with E-state index in [4.69, 9.17) is 5.11 Å². The Morgan fingerprint density at radius 3 is 2.70 bits per heavy atom. The van der Waals surface area contributed by atoms with Crippen molar-refractivity contribution in [3.05, 3.63) is 21.4 Å². The highest BCUT2D eigenvalue weighted by Gasteiger charge is 2.22. The average Bonchev–Trinajstić information content (AvgIpc) is 2.82. The summed E-state index contributed by atoms with van der Waals surface area (Å²) in [6.07, 6.45) is 7.95. The third-order valence-electron chi connectivity index (χ3n) is 4.44. The van der Waals surface area contributed by atoms with Crippen molar-refractivity contribution in [2.75, 3.05) is 0 Å². The van der Waals surface area contributed by atoms with Crippen molar-refractivity contribution in [3.8, 4) is 0 Å². The predicted octanol–water partition coefficient (Wildman–Crippen LogP) is 4.20. The molecule has 0 bridgehead atoms. The third-order valence-corrected chi connectivity index (χ3v) is 5.53. The number of nitrogens with one attached hydrogen (secondary N) is 1. The molecule has 0 aromatic carbocycles. The summed E-state index contributed by atoms with van der Waals surface area (Å²) in [5, 5.41) is 12.7. The summed E-state index contributed by atoms with van der Waals surface area (Å²) < 4.78 is 0. The standard InChI is InChI=1S/C16H25NO2S/c1-3-14(12-7-5-4-6-8-12)17-10-13-9-15(16(18)19)20-11(13)2/h9,12,14,17H,3-8,10H2,1-2H3,(H,18,19). The van der Waals surface area contributed by atoms with E-state index >= 15 is 0 Å². The van der Waals surface area contributed by atoms with E-state index in [1.54, 1.807) is 0 Å². The molecular weight excluding hydrogens is 270 g/mol. The predicted molar refractivity (Wildman–Crippen MR) is 83.5 cm³/mol. The lowest BCUT2D eigenvalue weighted by Crippen LogP contribution is -2.36. The van der Waals surface area contributed by atoms with Crippen LogP contribution in [0.25, 0.3) is 0 Å². The van der Waals surface area contributed by atoms with E-state index in [0.717, 1.165) is 29.3 Å². The van der Waals surface area contributed by atoms with Gasteiger partial charge in [0.1, 0.15) is 4.88 Å². The summed E-state index contributed by atoms with van der Waals surface area (Å²) in [6, 6.07) is 2.39. The average molecular weight is 295 g/mol. The summed E-state index contributed by atoms with van der Waals surface area (Å²) in [4.78, 5) is 12.6. The maximum absolute atomic E-state index is 11.0. The maximum atomic E-state index is 11.0. The minimum atomic E-state index is -0.816. The molecule has 4 heteroatoms. The van der Waals surface area contributed by atoms with Gasteiger partial charge in [0.2, 0.25) is 0 Å². The molecule has 1 aliphatic rings. The van der Waals surface area contributed by atoms with Crippen LogP contribution in [0.5, 0.6) is 0 Å². The van der Waals surface area contributed by atoms with Gasteiger partial charge in [0.15, 0.2) is 0 Å². The number of hydrogen-bond donors (Lipinski definition) is 2. The monoisotopic (exact) mass is 295 g/mol. The van der Waals surface area contributed by atoms with Gasteiger partial charge < -0.3 is 10.4 Å². The maximum Gasteiger partial charge on any atom is 0.345 e. The zero-order valence-electron chi connectivity index (χ0n) is 12.4. The Morgan fingerprint density at radius 2 is 2.15 bits per heavy atom. The van der Waals surface area contributed by atoms with Crippen molar-refractivity contribution in [1.82, 2.24) is 5.32 Å². The Hall–Kier alpha value is -0.870. The first kappa shape index (κ1) is 15.5. The van der Waals surface area contributed by atoms with Crippen molar-refractivity contribution in [3.63, 3.8) is 0 Å². The second kappa shape index (κ2) is 7.23. The molecule has 112 valence electrons. The molecule has 0 spiro atoms. The van der Waals surface area contributed by atoms with Gasteiger partial charge in [-0.1, -0.05) is 26.2 Å². The molecule has 1 atom stereocenters. The molecule has 2 N–H and O–H groups in total. The van der Waals surface area contributed by atoms with Crippen LogP contribution in [0.3, 0.4) is 0 Å². The minimum absolute atomic E-state index is 0.449. The van der Waals surface area contributed by atoms with Gasteiger partial charge in [0.05, 0.1) is 0 Å². The molecule has 3 nitrogen and oxygen atoms in total. The van der Waals surface area contributed by atoms with Crippen molar-refractivity contribution in [2.24, 2.45) is 5.92 Å². The number of carboxylic acids is 1. The molecule has 1 aromatic heterocycles. The van der Waals surface area contributed by atoms with E-state index in [-0.39, 0.29) is 0 Å². The summed E-state index contributed by atoms with van der Waals surface area (Å²) in [5.74, 6) is -0.0182. The Morgan fingerprint density at radius 1 is 1.45 bits per heavy atom. The molecule has 0 radical (unpaired) electrons. The number of thiophene rings is 1. The van der Waals surface area contributed by atoms with Gasteiger partial charge in [0.25, 0.3) is 0 Å². The molecule has 0 aliphatic heterocycles. The fraction of sp³-hybridized carbons (Fsp3) is 0.688. The second-order valence-electron chi connectivity index (χ2n) is 5.79. The largest absolute Gasteiger partial charge is 0.477 e. The molecular formula is C16H25NO2S. The van der Waals surface area contributed by atoms with Crippen molar-refractivity contribution in [2.45, 2.75) is 65.0 Å². The number of rotatable bonds is 6. The first-order valence-electron chi connectivity index (χ1n) is 7.67. The van der Waals surface area contributed by atoms with Gasteiger partial charge in [-0.15, -0.1) is 11.3 Å². The molecule has 1 aromatic rings. The van der Waals surface area contributed by atoms with Gasteiger partial charge in [-0.25, -0.2) is 4.79 Å². The smallest absolute Gasteiger partial charge is 0.345 e. The molecule has 1 aliphatic carbocycles. The Kier molecular flexibility index (Phi) is 5.61. The highest BCUT2D eigenvalue weighted by molar-refractivity contribution is 7.14. The number of hydrogen-bond acceptors (Lipinski definition) is 3. The van der Waals surface area contributed by atoms with Crippen molar-refractivity contribution in [1.29, 1.82) is 0 Å². The fourth-order valence-corrected chi connectivity index (χ4v) is 4.10. The van der Waals surface area contributed by atoms with Gasteiger partial charge in [-0.2, -0.15) is 0 Å². The van der Waals surface area contributed by atoms with Crippen LogP contribution in [0.4, 0.5) is 0 Å². The van der Waals surface area contributed by atoms with Gasteiger partial charge >= 0.3 is 5.97 Å². The number of aromatic carboxylic acids is 1. The lowest BCUT2D eigenvalue weighted by atomic mass is 9.83. The first-order chi connectivity index (χ1) is 9.61. The summed E-state index contributed by atoms with van der Waals surface area (Å²) in [7, 11) is 0. The SMILES string of the molecule is CCC(NCc1cc(C(=O)O)sc1C)C1CCCCC1. The van der Waals surface area contributed by atoms with E-state index < -0.39 is 5.97 Å². The van der Waals surface area contributed by atoms with Crippen LogP contribution in [0.15, 0.2) is 6.07 Å². The normalized spacial score (nSPS) is 18.1. The molecule has 20 heavy (non-hydrogen) atoms. The zero-order chi connectivity index (χ0) is 14.5. The highest BCUT2D eigenvalue weighted by Crippen LogP contribution is 2.28. The van der Waals surface area contributed by atoms with Crippen LogP contribution in [0.2, 0.25) is 0 Å². The fourth-order valence-electron chi connectivity index (χ4n) is 3.22. The van der Waals surface area contributed by atoms with Crippen molar-refractivity contribution >= 4 is 17.3 Å². The first-order valence-corrected chi connectivity index (χ1v) is 8.49. The van der Waals surface area contributed by atoms with Crippen LogP contribution in [0, 0.1) is 12.8 Å². The van der Waals surface area contributed by atoms with Crippen LogP contribution in [-0.2, 0) is 6.54 Å². The van der Waals surface area contributed by atoms with E-state index in [0.29, 0.717) is 10.9 Å².